The van der Waals surface area contributed by atoms with Crippen LogP contribution in [0.5, 0.6) is 0 Å². The van der Waals surface area contributed by atoms with Crippen molar-refractivity contribution in [3.63, 3.8) is 0 Å². The molecular formula is C30H32ClFN6O4S. The summed E-state index contributed by atoms with van der Waals surface area (Å²) in [6, 6.07) is 13.6. The molecule has 2 saturated heterocycles. The van der Waals surface area contributed by atoms with Gasteiger partial charge in [0.1, 0.15) is 23.6 Å². The van der Waals surface area contributed by atoms with Gasteiger partial charge >= 0.3 is 12.1 Å². The molecule has 13 heteroatoms. The largest absolute Gasteiger partial charge is 0.448 e. The van der Waals surface area contributed by atoms with Crippen LogP contribution < -0.4 is 16.0 Å². The summed E-state index contributed by atoms with van der Waals surface area (Å²) in [7, 11) is 1.67. The van der Waals surface area contributed by atoms with E-state index in [2.05, 4.69) is 20.9 Å². The fourth-order valence-electron chi connectivity index (χ4n) is 4.88. The normalized spacial score (nSPS) is 19.2. The number of urea groups is 1. The molecule has 43 heavy (non-hydrogen) atoms. The Morgan fingerprint density at radius 1 is 1.26 bits per heavy atom. The molecule has 1 aromatic heterocycles. The number of aromatic nitrogens is 1. The zero-order valence-electron chi connectivity index (χ0n) is 23.5. The zero-order valence-corrected chi connectivity index (χ0v) is 25.1. The minimum atomic E-state index is -0.629. The second-order valence-corrected chi connectivity index (χ2v) is 11.8. The number of thioether (sulfide) groups is 1. The Morgan fingerprint density at radius 2 is 2.07 bits per heavy atom. The van der Waals surface area contributed by atoms with E-state index in [9.17, 15) is 18.8 Å². The Labute approximate surface area is 258 Å². The molecule has 0 radical (unpaired) electrons. The molecule has 3 aromatic rings. The number of hydrogen-bond acceptors (Lipinski definition) is 7. The quantitative estimate of drug-likeness (QED) is 0.297. The number of ether oxygens (including phenoxy) is 1. The molecular weight excluding hydrogens is 595 g/mol. The van der Waals surface area contributed by atoms with Crippen molar-refractivity contribution in [3.05, 3.63) is 82.8 Å². The SMILES string of the molecule is CN(C(=O)NCc1cccc(F)c1Cl)C1SC(COC(=O)Nc2cc3ccccc3cn2)/C1=C\CCN1CCNCC1=O. The lowest BCUT2D eigenvalue weighted by molar-refractivity contribution is -0.131. The van der Waals surface area contributed by atoms with Crippen LogP contribution in [0, 0.1) is 5.82 Å². The number of nitrogens with one attached hydrogen (secondary N) is 3. The van der Waals surface area contributed by atoms with E-state index in [-0.39, 0.29) is 40.7 Å². The highest BCUT2D eigenvalue weighted by molar-refractivity contribution is 8.02. The molecule has 0 bridgehead atoms. The van der Waals surface area contributed by atoms with Gasteiger partial charge < -0.3 is 25.2 Å². The number of fused-ring (bicyclic) bond motifs is 1. The zero-order chi connectivity index (χ0) is 30.3. The van der Waals surface area contributed by atoms with Crippen molar-refractivity contribution in [2.45, 2.75) is 23.6 Å². The Balaban J connectivity index is 1.20. The lowest BCUT2D eigenvalue weighted by Gasteiger charge is -2.43. The van der Waals surface area contributed by atoms with Crippen LogP contribution in [0.4, 0.5) is 19.8 Å². The third-order valence-corrected chi connectivity index (χ3v) is 9.28. The average molecular weight is 627 g/mol. The fourth-order valence-corrected chi connectivity index (χ4v) is 6.39. The van der Waals surface area contributed by atoms with Crippen LogP contribution in [0.3, 0.4) is 0 Å². The number of carbonyl (C=O) groups is 3. The number of halogens is 2. The summed E-state index contributed by atoms with van der Waals surface area (Å²) in [5, 5.41) is 9.92. The van der Waals surface area contributed by atoms with Gasteiger partial charge in [-0.2, -0.15) is 0 Å². The predicted molar refractivity (Wildman–Crippen MR) is 165 cm³/mol. The van der Waals surface area contributed by atoms with E-state index in [1.165, 1.54) is 23.9 Å². The van der Waals surface area contributed by atoms with Crippen molar-refractivity contribution in [3.8, 4) is 0 Å². The van der Waals surface area contributed by atoms with Crippen molar-refractivity contribution in [2.75, 3.05) is 45.2 Å². The highest BCUT2D eigenvalue weighted by Gasteiger charge is 2.41. The monoisotopic (exact) mass is 626 g/mol. The molecule has 3 heterocycles. The minimum Gasteiger partial charge on any atom is -0.448 e. The molecule has 3 N–H and O–H groups in total. The maximum Gasteiger partial charge on any atom is 0.412 e. The first-order chi connectivity index (χ1) is 20.8. The van der Waals surface area contributed by atoms with Crippen molar-refractivity contribution >= 4 is 58.0 Å². The van der Waals surface area contributed by atoms with Crippen LogP contribution in [0.25, 0.3) is 10.8 Å². The average Bonchev–Trinajstić information content (AvgIpc) is 3.00. The Bertz CT molecular complexity index is 1540. The lowest BCUT2D eigenvalue weighted by atomic mass is 10.1. The molecule has 2 aliphatic rings. The molecule has 10 nitrogen and oxygen atoms in total. The van der Waals surface area contributed by atoms with Crippen LogP contribution in [0.2, 0.25) is 5.02 Å². The summed E-state index contributed by atoms with van der Waals surface area (Å²) >= 11 is 7.51. The van der Waals surface area contributed by atoms with Gasteiger partial charge in [-0.3, -0.25) is 10.1 Å². The van der Waals surface area contributed by atoms with Crippen molar-refractivity contribution in [1.82, 2.24) is 25.4 Å². The van der Waals surface area contributed by atoms with Gasteiger partial charge in [-0.25, -0.2) is 19.0 Å². The second-order valence-electron chi connectivity index (χ2n) is 10.2. The van der Waals surface area contributed by atoms with Gasteiger partial charge in [-0.15, -0.1) is 11.8 Å². The molecule has 2 aromatic carbocycles. The number of pyridine rings is 1. The third-order valence-electron chi connectivity index (χ3n) is 7.28. The van der Waals surface area contributed by atoms with E-state index in [0.29, 0.717) is 37.4 Å². The summed E-state index contributed by atoms with van der Waals surface area (Å²) in [4.78, 5) is 45.4. The van der Waals surface area contributed by atoms with E-state index < -0.39 is 11.9 Å². The molecule has 0 saturated carbocycles. The number of piperazine rings is 1. The third kappa shape index (κ3) is 7.56. The summed E-state index contributed by atoms with van der Waals surface area (Å²) in [6.07, 6.45) is 3.66. The maximum atomic E-state index is 13.8. The van der Waals surface area contributed by atoms with Crippen LogP contribution in [-0.2, 0) is 16.1 Å². The number of rotatable bonds is 9. The second kappa shape index (κ2) is 14.1. The first-order valence-corrected chi connectivity index (χ1v) is 15.2. The number of amides is 4. The van der Waals surface area contributed by atoms with Crippen LogP contribution in [-0.4, -0.2) is 83.3 Å². The Hall–Kier alpha value is -3.87. The molecule has 4 amide bonds. The number of anilines is 1. The Kier molecular flexibility index (Phi) is 10.0. The smallest absolute Gasteiger partial charge is 0.412 e. The molecule has 226 valence electrons. The molecule has 2 aliphatic heterocycles. The van der Waals surface area contributed by atoms with Crippen LogP contribution in [0.15, 0.2) is 66.4 Å². The van der Waals surface area contributed by atoms with Gasteiger partial charge in [0.15, 0.2) is 0 Å². The topological polar surface area (TPSA) is 116 Å². The first kappa shape index (κ1) is 30.6. The van der Waals surface area contributed by atoms with E-state index in [1.807, 2.05) is 35.2 Å². The molecule has 0 aliphatic carbocycles. The summed E-state index contributed by atoms with van der Waals surface area (Å²) in [5.41, 5.74) is 1.39. The predicted octanol–water partition coefficient (Wildman–Crippen LogP) is 4.61. The first-order valence-electron chi connectivity index (χ1n) is 13.9. The molecule has 2 fully saturated rings. The van der Waals surface area contributed by atoms with Crippen molar-refractivity contribution in [2.24, 2.45) is 0 Å². The Morgan fingerprint density at radius 3 is 2.88 bits per heavy atom. The highest BCUT2D eigenvalue weighted by atomic mass is 35.5. The molecule has 0 spiro atoms. The van der Waals surface area contributed by atoms with E-state index in [0.717, 1.165) is 22.9 Å². The van der Waals surface area contributed by atoms with E-state index in [4.69, 9.17) is 16.3 Å². The standard InChI is InChI=1S/C30H32ClFN6O4S/c1-37(29(40)35-16-21-8-4-10-23(32)27(21)31)28-22(9-5-12-38-13-11-33-17-26(38)39)24(43-28)18-42-30(41)36-25-14-19-6-2-3-7-20(19)15-34-25/h2-4,6-10,14-15,24,28,33H,5,11-13,16-18H2,1H3,(H,35,40)(H,34,36,41)/b22-9+. The van der Waals surface area contributed by atoms with Gasteiger partial charge in [-0.05, 0) is 35.1 Å². The fraction of sp³-hybridized carbons (Fsp3) is 0.333. The number of benzene rings is 2. The highest BCUT2D eigenvalue weighted by Crippen LogP contribution is 2.44. The number of carbonyl (C=O) groups excluding carboxylic acids is 3. The van der Waals surface area contributed by atoms with Crippen molar-refractivity contribution in [1.29, 1.82) is 0 Å². The summed E-state index contributed by atoms with van der Waals surface area (Å²) in [6.45, 7) is 2.42. The number of nitrogens with zero attached hydrogens (tertiary/aromatic N) is 3. The number of hydrogen-bond donors (Lipinski definition) is 3. The molecule has 5 rings (SSSR count). The summed E-state index contributed by atoms with van der Waals surface area (Å²) in [5.74, 6) is -0.113. The summed E-state index contributed by atoms with van der Waals surface area (Å²) < 4.78 is 19.3. The number of likely N-dealkylation sites (N-methyl/N-ethyl adjacent to an activating group) is 1. The van der Waals surface area contributed by atoms with Crippen LogP contribution >= 0.6 is 23.4 Å². The molecule has 2 unspecified atom stereocenters. The van der Waals surface area contributed by atoms with Gasteiger partial charge in [0, 0.05) is 44.8 Å². The van der Waals surface area contributed by atoms with Crippen molar-refractivity contribution < 1.29 is 23.5 Å². The van der Waals surface area contributed by atoms with Gasteiger partial charge in [0.25, 0.3) is 0 Å². The van der Waals surface area contributed by atoms with Gasteiger partial charge in [0.05, 0.1) is 16.8 Å². The van der Waals surface area contributed by atoms with E-state index in [1.54, 1.807) is 30.3 Å². The maximum absolute atomic E-state index is 13.8. The molecule has 2 atom stereocenters. The lowest BCUT2D eigenvalue weighted by Crippen LogP contribution is -2.51. The van der Waals surface area contributed by atoms with E-state index >= 15 is 0 Å². The van der Waals surface area contributed by atoms with Gasteiger partial charge in [0.2, 0.25) is 5.91 Å². The minimum absolute atomic E-state index is 0.0269. The van der Waals surface area contributed by atoms with Crippen LogP contribution in [0.1, 0.15) is 12.0 Å². The van der Waals surface area contributed by atoms with Gasteiger partial charge in [-0.1, -0.05) is 54.1 Å².